The zero-order chi connectivity index (χ0) is 21.1. The molecular weight excluding hydrogens is 444 g/mol. The first-order valence-electron chi connectivity index (χ1n) is 9.28. The highest BCUT2D eigenvalue weighted by molar-refractivity contribution is 9.10. The Morgan fingerprint density at radius 1 is 0.933 bits per heavy atom. The molecule has 3 aromatic carbocycles. The van der Waals surface area contributed by atoms with Gasteiger partial charge in [0.25, 0.3) is 5.91 Å². The fraction of sp³-hybridized carbons (Fsp3) is 0.0833. The van der Waals surface area contributed by atoms with Crippen LogP contribution in [-0.4, -0.2) is 26.0 Å². The van der Waals surface area contributed by atoms with Crippen LogP contribution in [0.15, 0.2) is 88.0 Å². The van der Waals surface area contributed by atoms with E-state index in [-0.39, 0.29) is 5.91 Å². The molecule has 0 saturated carbocycles. The van der Waals surface area contributed by atoms with Crippen LogP contribution >= 0.6 is 15.9 Å². The van der Waals surface area contributed by atoms with Crippen LogP contribution < -0.4 is 14.4 Å². The van der Waals surface area contributed by atoms with Crippen LogP contribution in [0.5, 0.6) is 11.5 Å². The average Bonchev–Trinajstić information content (AvgIpc) is 3.11. The number of aliphatic imine (C=N–C) groups is 1. The van der Waals surface area contributed by atoms with Crippen molar-refractivity contribution in [3.63, 3.8) is 0 Å². The van der Waals surface area contributed by atoms with E-state index in [0.29, 0.717) is 23.0 Å². The van der Waals surface area contributed by atoms with Crippen molar-refractivity contribution in [1.29, 1.82) is 0 Å². The van der Waals surface area contributed by atoms with Gasteiger partial charge in [-0.2, -0.15) is 0 Å². The Balaban J connectivity index is 1.85. The molecule has 0 saturated heterocycles. The van der Waals surface area contributed by atoms with Gasteiger partial charge in [-0.3, -0.25) is 9.69 Å². The highest BCUT2D eigenvalue weighted by Crippen LogP contribution is 2.31. The van der Waals surface area contributed by atoms with Crippen molar-refractivity contribution >= 4 is 39.4 Å². The number of hydrogen-bond acceptors (Lipinski definition) is 4. The Kier molecular flexibility index (Phi) is 5.68. The number of halogens is 1. The minimum Gasteiger partial charge on any atom is -0.497 e. The molecular formula is C24H19BrN2O3. The fourth-order valence-electron chi connectivity index (χ4n) is 3.24. The van der Waals surface area contributed by atoms with Crippen molar-refractivity contribution in [2.24, 2.45) is 4.99 Å². The summed E-state index contributed by atoms with van der Waals surface area (Å²) in [6.45, 7) is 0. The normalized spacial score (nSPS) is 14.8. The van der Waals surface area contributed by atoms with Crippen molar-refractivity contribution in [3.05, 3.63) is 94.1 Å². The largest absolute Gasteiger partial charge is 0.497 e. The van der Waals surface area contributed by atoms with Gasteiger partial charge in [-0.25, -0.2) is 4.99 Å². The van der Waals surface area contributed by atoms with Gasteiger partial charge in [-0.05, 0) is 48.5 Å². The lowest BCUT2D eigenvalue weighted by Crippen LogP contribution is -2.32. The van der Waals surface area contributed by atoms with Gasteiger partial charge in [0.15, 0.2) is 0 Å². The Labute approximate surface area is 183 Å². The summed E-state index contributed by atoms with van der Waals surface area (Å²) < 4.78 is 11.7. The van der Waals surface area contributed by atoms with Crippen molar-refractivity contribution in [1.82, 2.24) is 0 Å². The first-order chi connectivity index (χ1) is 14.6. The summed E-state index contributed by atoms with van der Waals surface area (Å²) >= 11 is 3.44. The number of carbonyl (C=O) groups excluding carboxylic acids is 1. The molecule has 30 heavy (non-hydrogen) atoms. The molecule has 1 amide bonds. The Bertz CT molecular complexity index is 1150. The van der Waals surface area contributed by atoms with E-state index in [4.69, 9.17) is 14.5 Å². The van der Waals surface area contributed by atoms with Crippen molar-refractivity contribution in [3.8, 4) is 11.5 Å². The van der Waals surface area contributed by atoms with Gasteiger partial charge in [-0.1, -0.05) is 46.3 Å². The predicted octanol–water partition coefficient (Wildman–Crippen LogP) is 5.30. The van der Waals surface area contributed by atoms with Gasteiger partial charge in [-0.15, -0.1) is 0 Å². The third kappa shape index (κ3) is 3.86. The van der Waals surface area contributed by atoms with Gasteiger partial charge in [0.05, 0.1) is 19.9 Å². The Morgan fingerprint density at radius 2 is 1.70 bits per heavy atom. The molecule has 0 aliphatic carbocycles. The first kappa shape index (κ1) is 19.9. The molecule has 0 radical (unpaired) electrons. The van der Waals surface area contributed by atoms with E-state index in [2.05, 4.69) is 15.9 Å². The van der Waals surface area contributed by atoms with Crippen LogP contribution in [-0.2, 0) is 4.79 Å². The number of amidine groups is 1. The van der Waals surface area contributed by atoms with Gasteiger partial charge < -0.3 is 9.47 Å². The molecule has 5 nitrogen and oxygen atoms in total. The first-order valence-corrected chi connectivity index (χ1v) is 10.1. The summed E-state index contributed by atoms with van der Waals surface area (Å²) in [5.41, 5.74) is 2.64. The van der Waals surface area contributed by atoms with E-state index in [9.17, 15) is 4.79 Å². The van der Waals surface area contributed by atoms with Crippen LogP contribution in [0.4, 0.5) is 5.69 Å². The number of anilines is 1. The number of amides is 1. The summed E-state index contributed by atoms with van der Waals surface area (Å²) in [7, 11) is 3.22. The quantitative estimate of drug-likeness (QED) is 0.483. The Morgan fingerprint density at radius 3 is 2.43 bits per heavy atom. The summed E-state index contributed by atoms with van der Waals surface area (Å²) in [5, 5.41) is 0. The van der Waals surface area contributed by atoms with Crippen LogP contribution in [0.2, 0.25) is 0 Å². The molecule has 1 aliphatic rings. The van der Waals surface area contributed by atoms with Gasteiger partial charge in [0.1, 0.15) is 23.0 Å². The number of methoxy groups -OCH3 is 2. The summed E-state index contributed by atoms with van der Waals surface area (Å²) in [5.74, 6) is 1.71. The van der Waals surface area contributed by atoms with E-state index in [1.54, 1.807) is 25.2 Å². The van der Waals surface area contributed by atoms with E-state index in [1.807, 2.05) is 72.8 Å². The topological polar surface area (TPSA) is 51.1 Å². The van der Waals surface area contributed by atoms with E-state index >= 15 is 0 Å². The van der Waals surface area contributed by atoms with Crippen LogP contribution in [0.1, 0.15) is 11.1 Å². The molecule has 1 aliphatic heterocycles. The highest BCUT2D eigenvalue weighted by atomic mass is 79.9. The maximum Gasteiger partial charge on any atom is 0.282 e. The van der Waals surface area contributed by atoms with Crippen molar-refractivity contribution in [2.45, 2.75) is 0 Å². The van der Waals surface area contributed by atoms with Gasteiger partial charge >= 0.3 is 0 Å². The minimum atomic E-state index is -0.207. The molecule has 6 heteroatoms. The summed E-state index contributed by atoms with van der Waals surface area (Å²) in [6, 6.07) is 22.6. The van der Waals surface area contributed by atoms with Crippen molar-refractivity contribution in [2.75, 3.05) is 19.1 Å². The lowest BCUT2D eigenvalue weighted by molar-refractivity contribution is -0.113. The molecule has 4 rings (SSSR count). The molecule has 0 bridgehead atoms. The molecule has 3 aromatic rings. The second kappa shape index (κ2) is 8.55. The number of para-hydroxylation sites is 1. The molecule has 150 valence electrons. The molecule has 0 fully saturated rings. The van der Waals surface area contributed by atoms with Gasteiger partial charge in [0.2, 0.25) is 0 Å². The molecule has 0 spiro atoms. The second-order valence-electron chi connectivity index (χ2n) is 6.56. The maximum absolute atomic E-state index is 13.4. The van der Waals surface area contributed by atoms with Crippen LogP contribution in [0.3, 0.4) is 0 Å². The number of hydrogen-bond donors (Lipinski definition) is 0. The molecule has 0 N–H and O–H groups in total. The molecule has 0 unspecified atom stereocenters. The predicted molar refractivity (Wildman–Crippen MR) is 122 cm³/mol. The minimum absolute atomic E-state index is 0.207. The molecule has 1 heterocycles. The maximum atomic E-state index is 13.4. The third-order valence-corrected chi connectivity index (χ3v) is 5.23. The number of nitrogens with zero attached hydrogens (tertiary/aromatic N) is 2. The molecule has 0 atom stereocenters. The van der Waals surface area contributed by atoms with E-state index in [0.717, 1.165) is 21.3 Å². The van der Waals surface area contributed by atoms with E-state index in [1.165, 1.54) is 0 Å². The highest BCUT2D eigenvalue weighted by Gasteiger charge is 2.32. The summed E-state index contributed by atoms with van der Waals surface area (Å²) in [6.07, 6.45) is 1.75. The second-order valence-corrected chi connectivity index (χ2v) is 7.47. The zero-order valence-electron chi connectivity index (χ0n) is 16.5. The lowest BCUT2D eigenvalue weighted by atomic mass is 10.1. The van der Waals surface area contributed by atoms with Gasteiger partial charge in [0, 0.05) is 15.6 Å². The number of ether oxygens (including phenoxy) is 2. The standard InChI is InChI=1S/C24H19BrN2O3/c1-29-20-8-5-7-17(14-20)23-26-21(15-16-6-3-4-9-22(16)30-2)24(28)27(23)19-12-10-18(25)11-13-19/h3-15H,1-2H3/b21-15-. The zero-order valence-corrected chi connectivity index (χ0v) is 18.1. The molecule has 0 aromatic heterocycles. The van der Waals surface area contributed by atoms with E-state index < -0.39 is 0 Å². The summed E-state index contributed by atoms with van der Waals surface area (Å²) in [4.78, 5) is 19.7. The smallest absolute Gasteiger partial charge is 0.282 e. The number of benzene rings is 3. The number of rotatable bonds is 5. The van der Waals surface area contributed by atoms with Crippen LogP contribution in [0, 0.1) is 0 Å². The SMILES string of the molecule is COc1cccc(C2=N/C(=C\c3ccccc3OC)C(=O)N2c2ccc(Br)cc2)c1. The third-order valence-electron chi connectivity index (χ3n) is 4.70. The van der Waals surface area contributed by atoms with Crippen LogP contribution in [0.25, 0.3) is 6.08 Å². The number of carbonyl (C=O) groups is 1. The lowest BCUT2D eigenvalue weighted by Gasteiger charge is -2.19. The van der Waals surface area contributed by atoms with Crippen molar-refractivity contribution < 1.29 is 14.3 Å². The monoisotopic (exact) mass is 462 g/mol. The Hall–Kier alpha value is -3.38. The fourth-order valence-corrected chi connectivity index (χ4v) is 3.50. The average molecular weight is 463 g/mol.